The van der Waals surface area contributed by atoms with Crippen molar-refractivity contribution in [2.24, 2.45) is 0 Å². The van der Waals surface area contributed by atoms with Gasteiger partial charge in [-0.1, -0.05) is 17.8 Å². The largest absolute Gasteiger partial charge is 0.392 e. The third kappa shape index (κ3) is 13.1. The van der Waals surface area contributed by atoms with Gasteiger partial charge in [0, 0.05) is 220 Å². The first-order chi connectivity index (χ1) is 27.6. The van der Waals surface area contributed by atoms with E-state index in [2.05, 4.69) is 42.8 Å². The summed E-state index contributed by atoms with van der Waals surface area (Å²) < 4.78 is 21.1. The Hall–Kier alpha value is -0.534. The molecular weight excluding hydrogens is 1680 g/mol. The smallest absolute Gasteiger partial charge is 0.351 e. The Labute approximate surface area is 494 Å². The second-order valence-electron chi connectivity index (χ2n) is 12.9. The molecule has 9 atom stereocenters. The van der Waals surface area contributed by atoms with E-state index in [1.165, 1.54) is 51.1 Å². The molecule has 0 spiro atoms. The summed E-state index contributed by atoms with van der Waals surface area (Å²) in [5, 5.41) is 61.2. The molecule has 62 heavy (non-hydrogen) atoms. The minimum atomic E-state index is -1.51. The fourth-order valence-electron chi connectivity index (χ4n) is 6.09. The minimum absolute atomic E-state index is 0. The number of nitrogen functional groups attached to an aromatic ring is 1. The molecule has 0 bridgehead atoms. The Morgan fingerprint density at radius 3 is 1.47 bits per heavy atom. The van der Waals surface area contributed by atoms with Crippen LogP contribution in [0, 0.1) is 213 Å². The number of aromatic amines is 1. The summed E-state index contributed by atoms with van der Waals surface area (Å²) in [7, 11) is 0. The van der Waals surface area contributed by atoms with E-state index in [0.717, 1.165) is 10.6 Å². The van der Waals surface area contributed by atoms with Crippen LogP contribution in [0.4, 0.5) is 5.82 Å². The number of aromatic nitrogens is 9. The number of anilines is 1. The van der Waals surface area contributed by atoms with Crippen molar-refractivity contribution in [1.29, 1.82) is 0 Å². The number of aliphatic hydroxyl groups excluding tert-OH is 6. The number of nitrogens with two attached hydrogens (primary N) is 1. The van der Waals surface area contributed by atoms with Crippen LogP contribution in [-0.2, 0) is 14.2 Å². The maximum atomic E-state index is 12.1. The van der Waals surface area contributed by atoms with E-state index in [-0.39, 0.29) is 201 Å². The molecule has 27 heteroatoms. The average Bonchev–Trinajstić information content (AvgIpc) is 4.01. The molecule has 3 saturated heterocycles. The van der Waals surface area contributed by atoms with Gasteiger partial charge in [-0.25, -0.2) is 24.0 Å². The summed E-state index contributed by atoms with van der Waals surface area (Å²) >= 11 is 0. The zero-order chi connectivity index (χ0) is 42.4. The minimum Gasteiger partial charge on any atom is -0.392 e. The molecule has 4 aromatic heterocycles. The van der Waals surface area contributed by atoms with Crippen molar-refractivity contribution in [2.75, 3.05) is 25.6 Å². The first-order valence-electron chi connectivity index (χ1n) is 17.1. The van der Waals surface area contributed by atoms with Gasteiger partial charge >= 0.3 is 17.1 Å². The molecule has 0 amide bonds. The van der Waals surface area contributed by atoms with Gasteiger partial charge in [-0.2, -0.15) is 15.1 Å². The molecular formula is C35H38Ac4N10O13. The maximum absolute atomic E-state index is 12.1. The molecule has 7 rings (SSSR count). The van der Waals surface area contributed by atoms with Crippen molar-refractivity contribution >= 4 is 5.82 Å². The van der Waals surface area contributed by atoms with Gasteiger partial charge in [0.05, 0.1) is 19.8 Å². The van der Waals surface area contributed by atoms with Crippen molar-refractivity contribution in [3.05, 3.63) is 91.3 Å². The Morgan fingerprint density at radius 1 is 0.694 bits per heavy atom. The fraction of sp³-hybridized carbons (Fsp3) is 0.429. The van der Waals surface area contributed by atoms with Crippen LogP contribution < -0.4 is 28.4 Å². The zero-order valence-electron chi connectivity index (χ0n) is 32.6. The molecule has 3 aliphatic heterocycles. The molecule has 3 aliphatic rings. The Bertz CT molecular complexity index is 2470. The SMILES string of the molecule is C#C[C@]1(CO)O[C@@H](n2ccc(-n3cncn3)nc2=O)CC1O.C#C[C@]1(CO)O[C@@H](n2ccc(=O)[nH]c2=O)CC1O.C#C[C@]1(CO)O[C@@H](n2ccc(N)nc2=O)CC1O.[Ac].[Ac].[Ac].[Ac]. The van der Waals surface area contributed by atoms with E-state index in [9.17, 15) is 49.8 Å². The van der Waals surface area contributed by atoms with Gasteiger partial charge < -0.3 is 50.6 Å². The number of nitrogens with one attached hydrogen (secondary N) is 1. The Balaban J connectivity index is 0.000000454. The summed E-state index contributed by atoms with van der Waals surface area (Å²) in [6, 6.07) is 4.15. The number of hydrogen-bond donors (Lipinski definition) is 8. The molecule has 0 aromatic carbocycles. The molecule has 4 aromatic rings. The number of H-pyrrole nitrogens is 1. The van der Waals surface area contributed by atoms with Crippen molar-refractivity contribution in [3.8, 4) is 42.8 Å². The van der Waals surface area contributed by atoms with Gasteiger partial charge in [0.25, 0.3) is 5.56 Å². The monoisotopic (exact) mass is 1710 g/mol. The molecule has 23 nitrogen and oxygen atoms in total. The first-order valence-corrected chi connectivity index (χ1v) is 17.1. The van der Waals surface area contributed by atoms with E-state index in [1.807, 2.05) is 0 Å². The van der Waals surface area contributed by atoms with Crippen LogP contribution >= 0.6 is 0 Å². The molecule has 4 radical (unpaired) electrons. The van der Waals surface area contributed by atoms with Gasteiger partial charge in [0.2, 0.25) is 0 Å². The summed E-state index contributed by atoms with van der Waals surface area (Å²) in [6.45, 7) is -1.63. The summed E-state index contributed by atoms with van der Waals surface area (Å²) in [4.78, 5) is 59.5. The Morgan fingerprint density at radius 2 is 1.11 bits per heavy atom. The molecule has 3 fully saturated rings. The maximum Gasteiger partial charge on any atom is 0.351 e. The predicted octanol–water partition coefficient (Wildman–Crippen LogP) is -4.88. The molecule has 9 N–H and O–H groups in total. The van der Waals surface area contributed by atoms with Crippen molar-refractivity contribution in [3.63, 3.8) is 0 Å². The summed E-state index contributed by atoms with van der Waals surface area (Å²) in [5.41, 5.74) is -1.50. The number of aliphatic hydroxyl groups is 6. The Kier molecular flexibility index (Phi) is 25.1. The molecule has 7 heterocycles. The third-order valence-electron chi connectivity index (χ3n) is 9.47. The van der Waals surface area contributed by atoms with Crippen LogP contribution in [0.2, 0.25) is 0 Å². The van der Waals surface area contributed by atoms with Gasteiger partial charge in [-0.05, 0) is 12.1 Å². The normalized spacial score (nSPS) is 27.9. The van der Waals surface area contributed by atoms with E-state index >= 15 is 0 Å². The van der Waals surface area contributed by atoms with E-state index < -0.39 is 96.2 Å². The number of hydrogen-bond acceptors (Lipinski definition) is 18. The van der Waals surface area contributed by atoms with Crippen LogP contribution in [0.25, 0.3) is 5.82 Å². The quantitative estimate of drug-likeness (QED) is 0.0805. The number of rotatable bonds is 7. The van der Waals surface area contributed by atoms with Crippen molar-refractivity contribution < 1.29 is 221 Å². The number of ether oxygens (including phenoxy) is 3. The first kappa shape index (κ1) is 59.5. The second-order valence-corrected chi connectivity index (χ2v) is 12.9. The van der Waals surface area contributed by atoms with Crippen molar-refractivity contribution in [1.82, 2.24) is 43.4 Å². The fourth-order valence-corrected chi connectivity index (χ4v) is 6.09. The van der Waals surface area contributed by atoms with Crippen LogP contribution in [0.3, 0.4) is 0 Å². The van der Waals surface area contributed by atoms with Crippen LogP contribution in [0.1, 0.15) is 37.9 Å². The average molecular weight is 1710 g/mol. The van der Waals surface area contributed by atoms with E-state index in [1.54, 1.807) is 6.07 Å². The summed E-state index contributed by atoms with van der Waals surface area (Å²) in [6.07, 6.45) is 17.3. The van der Waals surface area contributed by atoms with E-state index in [4.69, 9.17) is 39.2 Å². The van der Waals surface area contributed by atoms with Crippen molar-refractivity contribution in [2.45, 2.75) is 73.1 Å². The van der Waals surface area contributed by atoms with E-state index in [0.29, 0.717) is 5.82 Å². The molecule has 0 aliphatic carbocycles. The number of nitrogens with zero attached hydrogens (tertiary/aromatic N) is 8. The molecule has 3 unspecified atom stereocenters. The molecule has 0 saturated carbocycles. The predicted molar refractivity (Wildman–Crippen MR) is 196 cm³/mol. The zero-order valence-corrected chi connectivity index (χ0v) is 51.5. The van der Waals surface area contributed by atoms with Gasteiger partial charge in [0.15, 0.2) is 22.6 Å². The van der Waals surface area contributed by atoms with Crippen LogP contribution in [0.15, 0.2) is 68.6 Å². The van der Waals surface area contributed by atoms with Crippen LogP contribution in [0.5, 0.6) is 0 Å². The van der Waals surface area contributed by atoms with Gasteiger partial charge in [0.1, 0.15) is 55.5 Å². The molecule has 318 valence electrons. The summed E-state index contributed by atoms with van der Waals surface area (Å²) in [5.74, 6) is 7.08. The standard InChI is InChI=1S/C13H13N5O4.C11H13N3O4.C11H12N2O5.4Ac/c1-2-13(6-19)9(20)5-11(22-13)17-4-3-10(16-12(17)21)18-8-14-7-15-18;1-2-11(6-15)7(16)5-9(18-11)14-4-3-8(12)13-10(14)17;1-2-11(6-14)7(15)5-9(18-11)13-4-3-8(16)12-10(13)17;;;;/h1,3-4,7-9,11,19-20H,5-6H2;1,3-4,7,9,15-16H,5-6H2,(H2,12,13,17);1,3-4,7,9,14-15H,5-6H2,(H,12,16,17);;;;/t9?,11-,13-;2*7?,9-,11-;;;;/m111..../s1. The topological polar surface area (TPSA) is 330 Å². The van der Waals surface area contributed by atoms with Gasteiger partial charge in [-0.15, -0.1) is 19.3 Å². The van der Waals surface area contributed by atoms with Gasteiger partial charge in [-0.3, -0.25) is 23.5 Å². The third-order valence-corrected chi connectivity index (χ3v) is 9.47. The second kappa shape index (κ2) is 26.1. The van der Waals surface area contributed by atoms with Crippen LogP contribution in [-0.4, -0.2) is 129 Å². The number of terminal acetylenes is 3.